The second-order valence-electron chi connectivity index (χ2n) is 4.66. The Morgan fingerprint density at radius 2 is 1.81 bits per heavy atom. The van der Waals surface area contributed by atoms with Gasteiger partial charge in [-0.05, 0) is 11.8 Å². The molecule has 94 valence electrons. The summed E-state index contributed by atoms with van der Waals surface area (Å²) < 4.78 is 16.1. The van der Waals surface area contributed by atoms with Gasteiger partial charge in [0.15, 0.2) is 6.29 Å². The lowest BCUT2D eigenvalue weighted by Gasteiger charge is -2.42. The average molecular weight is 230 g/mol. The van der Waals surface area contributed by atoms with E-state index in [2.05, 4.69) is 20.8 Å². The molecule has 1 aliphatic rings. The first kappa shape index (κ1) is 13.5. The van der Waals surface area contributed by atoms with Crippen molar-refractivity contribution < 1.29 is 19.0 Å². The van der Waals surface area contributed by atoms with Gasteiger partial charge >= 0.3 is 5.97 Å². The maximum Gasteiger partial charge on any atom is 0.302 e. The molecule has 4 nitrogen and oxygen atoms in total. The van der Waals surface area contributed by atoms with Crippen molar-refractivity contribution in [2.75, 3.05) is 13.7 Å². The molecule has 0 amide bonds. The van der Waals surface area contributed by atoms with Gasteiger partial charge in [0, 0.05) is 20.0 Å². The molecule has 0 spiro atoms. The molecule has 1 rings (SSSR count). The highest BCUT2D eigenvalue weighted by molar-refractivity contribution is 5.65. The van der Waals surface area contributed by atoms with Crippen LogP contribution in [0, 0.1) is 17.8 Å². The van der Waals surface area contributed by atoms with Gasteiger partial charge in [-0.2, -0.15) is 0 Å². The zero-order valence-corrected chi connectivity index (χ0v) is 10.7. The van der Waals surface area contributed by atoms with Gasteiger partial charge in [0.2, 0.25) is 0 Å². The standard InChI is InChI=1S/C12H22O4/c1-7-8(2)11(6-15-10(4)13)16-12(14-5)9(7)3/h7-9,11-12H,6H2,1-5H3/t7-,8-,9?,11?,12-/m0/s1. The van der Waals surface area contributed by atoms with Crippen molar-refractivity contribution in [3.8, 4) is 0 Å². The third kappa shape index (κ3) is 2.95. The number of rotatable bonds is 3. The van der Waals surface area contributed by atoms with E-state index in [-0.39, 0.29) is 18.4 Å². The Balaban J connectivity index is 2.60. The minimum absolute atomic E-state index is 0.0694. The molecule has 0 aromatic carbocycles. The molecule has 0 aliphatic carbocycles. The van der Waals surface area contributed by atoms with Crippen LogP contribution in [0.2, 0.25) is 0 Å². The van der Waals surface area contributed by atoms with E-state index in [9.17, 15) is 4.79 Å². The topological polar surface area (TPSA) is 44.8 Å². The lowest BCUT2D eigenvalue weighted by atomic mass is 9.79. The molecule has 0 radical (unpaired) electrons. The number of esters is 1. The highest BCUT2D eigenvalue weighted by atomic mass is 16.7. The van der Waals surface area contributed by atoms with E-state index in [4.69, 9.17) is 14.2 Å². The Bertz CT molecular complexity index is 239. The maximum absolute atomic E-state index is 10.8. The Morgan fingerprint density at radius 3 is 2.31 bits per heavy atom. The predicted molar refractivity (Wildman–Crippen MR) is 59.8 cm³/mol. The minimum Gasteiger partial charge on any atom is -0.463 e. The van der Waals surface area contributed by atoms with Crippen molar-refractivity contribution in [2.24, 2.45) is 17.8 Å². The van der Waals surface area contributed by atoms with Crippen LogP contribution in [0.1, 0.15) is 27.7 Å². The zero-order chi connectivity index (χ0) is 12.3. The van der Waals surface area contributed by atoms with Gasteiger partial charge in [-0.3, -0.25) is 4.79 Å². The SMILES string of the molecule is CO[C@H]1OC(COC(C)=O)[C@@H](C)[C@H](C)C1C. The Hall–Kier alpha value is -0.610. The summed E-state index contributed by atoms with van der Waals surface area (Å²) in [5.74, 6) is 0.935. The summed E-state index contributed by atoms with van der Waals surface area (Å²) >= 11 is 0. The molecule has 1 saturated heterocycles. The van der Waals surface area contributed by atoms with E-state index >= 15 is 0 Å². The Morgan fingerprint density at radius 1 is 1.19 bits per heavy atom. The van der Waals surface area contributed by atoms with Crippen LogP contribution in [-0.2, 0) is 19.0 Å². The van der Waals surface area contributed by atoms with Crippen molar-refractivity contribution in [3.05, 3.63) is 0 Å². The van der Waals surface area contributed by atoms with Crippen LogP contribution in [-0.4, -0.2) is 32.1 Å². The minimum atomic E-state index is -0.268. The van der Waals surface area contributed by atoms with E-state index in [0.717, 1.165) is 0 Å². The smallest absolute Gasteiger partial charge is 0.302 e. The molecule has 1 fully saturated rings. The molecular formula is C12H22O4. The van der Waals surface area contributed by atoms with Crippen LogP contribution in [0.15, 0.2) is 0 Å². The van der Waals surface area contributed by atoms with Crippen LogP contribution < -0.4 is 0 Å². The van der Waals surface area contributed by atoms with E-state index in [1.807, 2.05) is 0 Å². The third-order valence-electron chi connectivity index (χ3n) is 3.67. The molecular weight excluding hydrogens is 208 g/mol. The van der Waals surface area contributed by atoms with Crippen molar-refractivity contribution in [3.63, 3.8) is 0 Å². The quantitative estimate of drug-likeness (QED) is 0.694. The monoisotopic (exact) mass is 230 g/mol. The fraction of sp³-hybridized carbons (Fsp3) is 0.917. The van der Waals surface area contributed by atoms with Crippen molar-refractivity contribution in [1.82, 2.24) is 0 Å². The van der Waals surface area contributed by atoms with E-state index in [1.165, 1.54) is 6.92 Å². The summed E-state index contributed by atoms with van der Waals surface area (Å²) in [6.07, 6.45) is -0.271. The van der Waals surface area contributed by atoms with Crippen LogP contribution in [0.25, 0.3) is 0 Å². The molecule has 0 aromatic rings. The van der Waals surface area contributed by atoms with E-state index < -0.39 is 0 Å². The second kappa shape index (κ2) is 5.64. The molecule has 4 heteroatoms. The van der Waals surface area contributed by atoms with Gasteiger partial charge < -0.3 is 14.2 Å². The van der Waals surface area contributed by atoms with Gasteiger partial charge in [0.25, 0.3) is 0 Å². The first-order chi connectivity index (χ1) is 7.47. The molecule has 1 aliphatic heterocycles. The molecule has 0 N–H and O–H groups in total. The third-order valence-corrected chi connectivity index (χ3v) is 3.67. The number of methoxy groups -OCH3 is 1. The van der Waals surface area contributed by atoms with Gasteiger partial charge in [-0.25, -0.2) is 0 Å². The Kier molecular flexibility index (Phi) is 4.74. The number of hydrogen-bond acceptors (Lipinski definition) is 4. The van der Waals surface area contributed by atoms with Gasteiger partial charge in [0.1, 0.15) is 6.61 Å². The number of hydrogen-bond donors (Lipinski definition) is 0. The first-order valence-electron chi connectivity index (χ1n) is 5.79. The Labute approximate surface area is 97.2 Å². The van der Waals surface area contributed by atoms with Crippen LogP contribution >= 0.6 is 0 Å². The van der Waals surface area contributed by atoms with E-state index in [0.29, 0.717) is 24.4 Å². The lowest BCUT2D eigenvalue weighted by Crippen LogP contribution is -2.47. The number of carbonyl (C=O) groups is 1. The largest absolute Gasteiger partial charge is 0.463 e. The van der Waals surface area contributed by atoms with E-state index in [1.54, 1.807) is 7.11 Å². The summed E-state index contributed by atoms with van der Waals surface area (Å²) in [5, 5.41) is 0. The molecule has 1 heterocycles. The summed E-state index contributed by atoms with van der Waals surface area (Å²) in [7, 11) is 1.65. The van der Waals surface area contributed by atoms with Crippen LogP contribution in [0.4, 0.5) is 0 Å². The average Bonchev–Trinajstić information content (AvgIpc) is 2.25. The zero-order valence-electron chi connectivity index (χ0n) is 10.7. The summed E-state index contributed by atoms with van der Waals surface area (Å²) in [6.45, 7) is 8.16. The second-order valence-corrected chi connectivity index (χ2v) is 4.66. The molecule has 0 saturated carbocycles. The number of carbonyl (C=O) groups excluding carboxylic acids is 1. The molecule has 0 bridgehead atoms. The van der Waals surface area contributed by atoms with Crippen molar-refractivity contribution in [2.45, 2.75) is 40.1 Å². The van der Waals surface area contributed by atoms with Crippen molar-refractivity contribution >= 4 is 5.97 Å². The normalized spacial score (nSPS) is 39.4. The van der Waals surface area contributed by atoms with Gasteiger partial charge in [0.05, 0.1) is 6.10 Å². The summed E-state index contributed by atoms with van der Waals surface area (Å²) in [6, 6.07) is 0. The lowest BCUT2D eigenvalue weighted by molar-refractivity contribution is -0.246. The highest BCUT2D eigenvalue weighted by Crippen LogP contribution is 2.35. The molecule has 2 unspecified atom stereocenters. The van der Waals surface area contributed by atoms with Crippen LogP contribution in [0.5, 0.6) is 0 Å². The molecule has 5 atom stereocenters. The maximum atomic E-state index is 10.8. The van der Waals surface area contributed by atoms with Crippen LogP contribution in [0.3, 0.4) is 0 Å². The molecule has 16 heavy (non-hydrogen) atoms. The van der Waals surface area contributed by atoms with Gasteiger partial charge in [-0.15, -0.1) is 0 Å². The highest BCUT2D eigenvalue weighted by Gasteiger charge is 2.39. The molecule has 0 aromatic heterocycles. The number of ether oxygens (including phenoxy) is 3. The summed E-state index contributed by atoms with van der Waals surface area (Å²) in [4.78, 5) is 10.8. The predicted octanol–water partition coefficient (Wildman–Crippen LogP) is 1.83. The fourth-order valence-corrected chi connectivity index (χ4v) is 2.15. The van der Waals surface area contributed by atoms with Crippen molar-refractivity contribution in [1.29, 1.82) is 0 Å². The summed E-state index contributed by atoms with van der Waals surface area (Å²) in [5.41, 5.74) is 0. The first-order valence-corrected chi connectivity index (χ1v) is 5.79. The van der Waals surface area contributed by atoms with Gasteiger partial charge in [-0.1, -0.05) is 20.8 Å². The fourth-order valence-electron chi connectivity index (χ4n) is 2.15.